The monoisotopic (exact) mass is 916 g/mol. The van der Waals surface area contributed by atoms with Gasteiger partial charge in [-0.2, -0.15) is 0 Å². The number of esters is 2. The van der Waals surface area contributed by atoms with Crippen molar-refractivity contribution < 1.29 is 87.9 Å². The summed E-state index contributed by atoms with van der Waals surface area (Å²) in [6, 6.07) is 0. The molecule has 2 rings (SSSR count). The third-order valence-corrected chi connectivity index (χ3v) is 12.5. The third kappa shape index (κ3) is 21.8. The average Bonchev–Trinajstić information content (AvgIpc) is 3.25. The average molecular weight is 916 g/mol. The Kier molecular flexibility index (Phi) is 29.6. The predicted octanol–water partition coefficient (Wildman–Crippen LogP) is 3.36. The van der Waals surface area contributed by atoms with Crippen LogP contribution in [-0.2, 0) is 42.1 Å². The largest absolute Gasteiger partial charge is 0.756 e. The summed E-state index contributed by atoms with van der Waals surface area (Å²) in [6.07, 6.45) is 0.259. The van der Waals surface area contributed by atoms with E-state index in [0.29, 0.717) is 12.8 Å². The second kappa shape index (κ2) is 32.3. The van der Waals surface area contributed by atoms with Crippen molar-refractivity contribution >= 4 is 19.8 Å². The summed E-state index contributed by atoms with van der Waals surface area (Å²) >= 11 is 0. The van der Waals surface area contributed by atoms with Gasteiger partial charge >= 0.3 is 11.9 Å². The molecule has 0 bridgehead atoms. The predicted molar refractivity (Wildman–Crippen MR) is 224 cm³/mol. The molecule has 1 aliphatic carbocycles. The maximum atomic E-state index is 13.2. The van der Waals surface area contributed by atoms with Gasteiger partial charge in [0.05, 0.1) is 13.2 Å². The Bertz CT molecular complexity index is 1230. The summed E-state index contributed by atoms with van der Waals surface area (Å²) in [6.45, 7) is 2.08. The van der Waals surface area contributed by atoms with Gasteiger partial charge < -0.3 is 73.7 Å². The number of carbonyl (C=O) groups excluding carboxylic acids is 2. The Morgan fingerprint density at radius 1 is 0.565 bits per heavy atom. The molecule has 0 aromatic carbocycles. The van der Waals surface area contributed by atoms with Crippen molar-refractivity contribution in [1.29, 1.82) is 0 Å². The second-order valence-electron chi connectivity index (χ2n) is 16.9. The SMILES string of the molecule is CCCCCCCCCCCCCC(=O)OC[C@@H](COP(=O)([O-])OC1[C@H](O[C@H]2OC(CO)[C@@H](O)C(O)C2O)C(O)C(O)[C@H](O)[C@@H]1O)OC(=O)CCCCCCCCCCCCC. The van der Waals surface area contributed by atoms with E-state index in [-0.39, 0.29) is 12.8 Å². The first-order valence-corrected chi connectivity index (χ1v) is 24.8. The van der Waals surface area contributed by atoms with E-state index >= 15 is 0 Å². The number of unbranched alkanes of at least 4 members (excludes halogenated alkanes) is 20. The van der Waals surface area contributed by atoms with E-state index in [0.717, 1.165) is 51.4 Å². The van der Waals surface area contributed by atoms with Crippen molar-refractivity contribution in [3.05, 3.63) is 0 Å². The summed E-state index contributed by atoms with van der Waals surface area (Å²) in [7, 11) is -5.61. The number of carbonyl (C=O) groups is 2. The Morgan fingerprint density at radius 3 is 1.45 bits per heavy atom. The van der Waals surface area contributed by atoms with Gasteiger partial charge in [0.1, 0.15) is 67.6 Å². The first kappa shape index (κ1) is 56.8. The van der Waals surface area contributed by atoms with Gasteiger partial charge in [-0.3, -0.25) is 14.2 Å². The van der Waals surface area contributed by atoms with Crippen molar-refractivity contribution in [3.63, 3.8) is 0 Å². The topological polar surface area (TPSA) is 291 Å². The van der Waals surface area contributed by atoms with Crippen LogP contribution in [0.3, 0.4) is 0 Å². The highest BCUT2D eigenvalue weighted by atomic mass is 31.2. The van der Waals surface area contributed by atoms with E-state index in [4.69, 9.17) is 28.0 Å². The van der Waals surface area contributed by atoms with Gasteiger partial charge in [0.15, 0.2) is 12.4 Å². The van der Waals surface area contributed by atoms with E-state index in [9.17, 15) is 59.9 Å². The van der Waals surface area contributed by atoms with Crippen LogP contribution in [0.1, 0.15) is 168 Å². The molecule has 1 heterocycles. The molecular weight excluding hydrogens is 835 g/mol. The van der Waals surface area contributed by atoms with E-state index < -0.39 is 113 Å². The number of hydrogen-bond donors (Lipinski definition) is 8. The second-order valence-corrected chi connectivity index (χ2v) is 18.3. The fourth-order valence-electron chi connectivity index (χ4n) is 7.64. The molecular formula is C43H80O18P-. The van der Waals surface area contributed by atoms with Crippen molar-refractivity contribution in [2.75, 3.05) is 19.8 Å². The molecule has 0 radical (unpaired) electrons. The maximum absolute atomic E-state index is 13.2. The van der Waals surface area contributed by atoms with Crippen LogP contribution in [0.4, 0.5) is 0 Å². The molecule has 0 aromatic heterocycles. The van der Waals surface area contributed by atoms with Crippen LogP contribution in [0.15, 0.2) is 0 Å². The Hall–Kier alpha value is -1.35. The van der Waals surface area contributed by atoms with Gasteiger partial charge in [0, 0.05) is 12.8 Å². The van der Waals surface area contributed by atoms with Crippen molar-refractivity contribution in [2.24, 2.45) is 0 Å². The van der Waals surface area contributed by atoms with Crippen molar-refractivity contribution in [2.45, 2.75) is 241 Å². The number of rotatable bonds is 35. The zero-order chi connectivity index (χ0) is 45.9. The van der Waals surface area contributed by atoms with E-state index in [2.05, 4.69) is 13.8 Å². The van der Waals surface area contributed by atoms with E-state index in [1.807, 2.05) is 0 Å². The number of aliphatic hydroxyl groups is 8. The first-order chi connectivity index (χ1) is 29.7. The standard InChI is InChI=1S/C43H81O18P/c1-3-5-7-9-11-13-15-17-19-21-23-25-32(45)56-28-30(58-33(46)26-24-22-20-18-16-14-12-10-8-6-4-2)29-57-62(54,55)61-42-39(52)37(50)36(49)38(51)41(42)60-43-40(53)35(48)34(47)31(27-44)59-43/h30-31,34-44,47-53H,3-29H2,1-2H3,(H,54,55)/p-1/t30-,31?,34+,35?,36?,37-,38?,39-,40?,41+,42?,43+/m0/s1. The van der Waals surface area contributed by atoms with Crippen molar-refractivity contribution in [3.8, 4) is 0 Å². The quantitative estimate of drug-likeness (QED) is 0.0257. The van der Waals surface area contributed by atoms with Gasteiger partial charge in [-0.05, 0) is 12.8 Å². The Labute approximate surface area is 368 Å². The molecule has 366 valence electrons. The molecule has 19 heteroatoms. The van der Waals surface area contributed by atoms with Crippen LogP contribution < -0.4 is 4.89 Å². The third-order valence-electron chi connectivity index (χ3n) is 11.6. The summed E-state index contributed by atoms with van der Waals surface area (Å²) in [5, 5.41) is 82.6. The molecule has 8 N–H and O–H groups in total. The van der Waals surface area contributed by atoms with Crippen LogP contribution in [0.5, 0.6) is 0 Å². The number of phosphoric ester groups is 1. The minimum absolute atomic E-state index is 0.0229. The number of phosphoric acid groups is 1. The van der Waals surface area contributed by atoms with Crippen LogP contribution in [0.25, 0.3) is 0 Å². The van der Waals surface area contributed by atoms with Gasteiger partial charge in [0.2, 0.25) is 0 Å². The molecule has 18 nitrogen and oxygen atoms in total. The lowest BCUT2D eigenvalue weighted by Gasteiger charge is -2.47. The normalized spacial score (nSPS) is 29.2. The molecule has 0 spiro atoms. The minimum Gasteiger partial charge on any atom is -0.756 e. The Morgan fingerprint density at radius 2 is 0.984 bits per heavy atom. The molecule has 2 aliphatic rings. The molecule has 0 aromatic rings. The highest BCUT2D eigenvalue weighted by Crippen LogP contribution is 2.44. The summed E-state index contributed by atoms with van der Waals surface area (Å²) < 4.78 is 44.8. The molecule has 1 saturated carbocycles. The number of aliphatic hydroxyl groups excluding tert-OH is 8. The van der Waals surface area contributed by atoms with E-state index in [1.54, 1.807) is 0 Å². The number of ether oxygens (including phenoxy) is 4. The fraction of sp³-hybridized carbons (Fsp3) is 0.953. The smallest absolute Gasteiger partial charge is 0.306 e. The zero-order valence-corrected chi connectivity index (χ0v) is 38.0. The maximum Gasteiger partial charge on any atom is 0.306 e. The lowest BCUT2D eigenvalue weighted by molar-refractivity contribution is -0.341. The Balaban J connectivity index is 2.00. The van der Waals surface area contributed by atoms with Crippen LogP contribution in [0, 0.1) is 0 Å². The molecule has 62 heavy (non-hydrogen) atoms. The molecule has 1 aliphatic heterocycles. The van der Waals surface area contributed by atoms with Gasteiger partial charge in [-0.15, -0.1) is 0 Å². The summed E-state index contributed by atoms with van der Waals surface area (Å²) in [5.74, 6) is -1.25. The van der Waals surface area contributed by atoms with Crippen LogP contribution in [-0.4, -0.2) is 146 Å². The molecule has 1 saturated heterocycles. The lowest BCUT2D eigenvalue weighted by Crippen LogP contribution is -2.67. The zero-order valence-electron chi connectivity index (χ0n) is 37.1. The molecule has 2 fully saturated rings. The van der Waals surface area contributed by atoms with Crippen LogP contribution in [0.2, 0.25) is 0 Å². The van der Waals surface area contributed by atoms with Gasteiger partial charge in [-0.25, -0.2) is 0 Å². The van der Waals surface area contributed by atoms with Gasteiger partial charge in [0.25, 0.3) is 7.82 Å². The molecule has 13 atom stereocenters. The van der Waals surface area contributed by atoms with Crippen LogP contribution >= 0.6 is 7.82 Å². The molecule has 7 unspecified atom stereocenters. The lowest BCUT2D eigenvalue weighted by atomic mass is 9.84. The van der Waals surface area contributed by atoms with Crippen molar-refractivity contribution in [1.82, 2.24) is 0 Å². The van der Waals surface area contributed by atoms with E-state index in [1.165, 1.54) is 77.0 Å². The number of hydrogen-bond acceptors (Lipinski definition) is 18. The summed E-state index contributed by atoms with van der Waals surface area (Å²) in [4.78, 5) is 38.7. The summed E-state index contributed by atoms with van der Waals surface area (Å²) in [5.41, 5.74) is 0. The molecule has 0 amide bonds. The highest BCUT2D eigenvalue weighted by Gasteiger charge is 2.54. The minimum atomic E-state index is -5.61. The highest BCUT2D eigenvalue weighted by molar-refractivity contribution is 7.45. The van der Waals surface area contributed by atoms with Gasteiger partial charge in [-0.1, -0.05) is 142 Å². The first-order valence-electron chi connectivity index (χ1n) is 23.3. The fourth-order valence-corrected chi connectivity index (χ4v) is 8.59.